The number of sulfone groups is 1. The quantitative estimate of drug-likeness (QED) is 0.409. The summed E-state index contributed by atoms with van der Waals surface area (Å²) in [4.78, 5) is 22.9. The van der Waals surface area contributed by atoms with E-state index in [4.69, 9.17) is 0 Å². The molecule has 0 aliphatic rings. The highest BCUT2D eigenvalue weighted by Gasteiger charge is 2.69. The molecule has 0 amide bonds. The Labute approximate surface area is 115 Å². The van der Waals surface area contributed by atoms with Crippen LogP contribution in [0.15, 0.2) is 0 Å². The van der Waals surface area contributed by atoms with Gasteiger partial charge in [-0.2, -0.15) is 13.2 Å². The maximum Gasteiger partial charge on any atom is 0.499 e. The lowest BCUT2D eigenvalue weighted by molar-refractivity contribution is -0.155. The van der Waals surface area contributed by atoms with E-state index in [1.807, 2.05) is 15.9 Å². The molecule has 19 heavy (non-hydrogen) atoms. The summed E-state index contributed by atoms with van der Waals surface area (Å²) < 4.78 is 64.9. The van der Waals surface area contributed by atoms with Crippen LogP contribution in [-0.2, 0) is 28.9 Å². The van der Waals surface area contributed by atoms with Crippen LogP contribution in [0.1, 0.15) is 13.8 Å². The largest absolute Gasteiger partial charge is 0.499 e. The van der Waals surface area contributed by atoms with Crippen molar-refractivity contribution in [3.05, 3.63) is 0 Å². The normalized spacial score (nSPS) is 12.9. The van der Waals surface area contributed by atoms with Crippen molar-refractivity contribution < 1.29 is 40.7 Å². The fraction of sp³-hybridized carbons (Fsp3) is 0.750. The number of carbonyl (C=O) groups excluding carboxylic acids is 2. The van der Waals surface area contributed by atoms with Gasteiger partial charge in [0, 0.05) is 0 Å². The first-order chi connectivity index (χ1) is 8.46. The van der Waals surface area contributed by atoms with Gasteiger partial charge in [0.15, 0.2) is 0 Å². The van der Waals surface area contributed by atoms with Crippen molar-refractivity contribution in [1.29, 1.82) is 0 Å². The standard InChI is InChI=1S/C8H10BrF3O6S/c1-3-17-5(13)7(9,6(14)18-4-2)19(15,16)8(10,11)12/h3-4H2,1-2H3. The molecule has 0 aromatic heterocycles. The Morgan fingerprint density at radius 2 is 1.37 bits per heavy atom. The van der Waals surface area contributed by atoms with Crippen molar-refractivity contribution >= 4 is 37.7 Å². The smallest absolute Gasteiger partial charge is 0.464 e. The molecule has 6 nitrogen and oxygen atoms in total. The van der Waals surface area contributed by atoms with Gasteiger partial charge in [-0.25, -0.2) is 18.0 Å². The SMILES string of the molecule is CCOC(=O)C(Br)(C(=O)OCC)S(=O)(=O)C(F)(F)F. The first-order valence-corrected chi connectivity index (χ1v) is 7.08. The van der Waals surface area contributed by atoms with Gasteiger partial charge in [-0.15, -0.1) is 0 Å². The van der Waals surface area contributed by atoms with E-state index in [-0.39, 0.29) is 0 Å². The lowest BCUT2D eigenvalue weighted by Crippen LogP contribution is -2.54. The molecule has 0 aliphatic heterocycles. The predicted octanol–water partition coefficient (Wildman–Crippen LogP) is 1.14. The summed E-state index contributed by atoms with van der Waals surface area (Å²) in [5.41, 5.74) is -5.84. The van der Waals surface area contributed by atoms with Crippen molar-refractivity contribution in [2.75, 3.05) is 13.2 Å². The van der Waals surface area contributed by atoms with Gasteiger partial charge >= 0.3 is 21.1 Å². The van der Waals surface area contributed by atoms with Gasteiger partial charge in [-0.05, 0) is 29.8 Å². The summed E-state index contributed by atoms with van der Waals surface area (Å²) in [6.07, 6.45) is 0. The molecule has 0 saturated heterocycles. The maximum atomic E-state index is 12.5. The first-order valence-electron chi connectivity index (χ1n) is 4.81. The fourth-order valence-corrected chi connectivity index (χ4v) is 2.57. The summed E-state index contributed by atoms with van der Waals surface area (Å²) >= 11 is 2.02. The van der Waals surface area contributed by atoms with E-state index >= 15 is 0 Å². The van der Waals surface area contributed by atoms with Crippen molar-refractivity contribution in [1.82, 2.24) is 0 Å². The molecular weight excluding hydrogens is 361 g/mol. The van der Waals surface area contributed by atoms with Gasteiger partial charge < -0.3 is 9.47 Å². The Hall–Kier alpha value is -0.840. The molecule has 0 aliphatic carbocycles. The zero-order valence-electron chi connectivity index (χ0n) is 9.78. The Morgan fingerprint density at radius 3 is 1.58 bits per heavy atom. The molecule has 0 saturated carbocycles. The van der Waals surface area contributed by atoms with Gasteiger partial charge in [0.25, 0.3) is 9.84 Å². The molecule has 0 fully saturated rings. The second-order valence-corrected chi connectivity index (χ2v) is 6.78. The highest BCUT2D eigenvalue weighted by molar-refractivity contribution is 9.12. The van der Waals surface area contributed by atoms with Crippen molar-refractivity contribution in [2.45, 2.75) is 23.0 Å². The number of hydrogen-bond donors (Lipinski definition) is 0. The van der Waals surface area contributed by atoms with Crippen molar-refractivity contribution in [3.8, 4) is 0 Å². The maximum absolute atomic E-state index is 12.5. The van der Waals surface area contributed by atoms with Crippen LogP contribution in [0.2, 0.25) is 0 Å². The third kappa shape index (κ3) is 3.19. The molecule has 0 rings (SSSR count). The van der Waals surface area contributed by atoms with Gasteiger partial charge in [0.05, 0.1) is 13.2 Å². The summed E-state index contributed by atoms with van der Waals surface area (Å²) in [5, 5.41) is 0. The van der Waals surface area contributed by atoms with Crippen LogP contribution >= 0.6 is 15.9 Å². The van der Waals surface area contributed by atoms with Gasteiger partial charge in [0.1, 0.15) is 0 Å². The fourth-order valence-electron chi connectivity index (χ4n) is 0.910. The number of alkyl halides is 4. The molecule has 11 heteroatoms. The zero-order valence-corrected chi connectivity index (χ0v) is 12.2. The molecule has 0 aromatic rings. The van der Waals surface area contributed by atoms with Crippen molar-refractivity contribution in [3.63, 3.8) is 0 Å². The van der Waals surface area contributed by atoms with Gasteiger partial charge in [-0.1, -0.05) is 0 Å². The Balaban J connectivity index is 5.94. The first kappa shape index (κ1) is 18.2. The van der Waals surface area contributed by atoms with E-state index in [0.717, 1.165) is 0 Å². The predicted molar refractivity (Wildman–Crippen MR) is 59.9 cm³/mol. The van der Waals surface area contributed by atoms with E-state index < -0.39 is 44.2 Å². The molecular formula is C8H10BrF3O6S. The average molecular weight is 371 g/mol. The Kier molecular flexibility index (Phi) is 5.81. The molecule has 0 heterocycles. The number of halogens is 4. The Morgan fingerprint density at radius 1 is 1.05 bits per heavy atom. The lowest BCUT2D eigenvalue weighted by atomic mass is 10.4. The van der Waals surface area contributed by atoms with E-state index in [2.05, 4.69) is 9.47 Å². The van der Waals surface area contributed by atoms with Crippen molar-refractivity contribution in [2.24, 2.45) is 0 Å². The average Bonchev–Trinajstić information content (AvgIpc) is 2.26. The number of ether oxygens (including phenoxy) is 2. The summed E-state index contributed by atoms with van der Waals surface area (Å²) in [6.45, 7) is 1.63. The topological polar surface area (TPSA) is 86.7 Å². The minimum Gasteiger partial charge on any atom is -0.464 e. The summed E-state index contributed by atoms with van der Waals surface area (Å²) in [5.74, 6) is -3.82. The minimum absolute atomic E-state index is 0.418. The van der Waals surface area contributed by atoms with E-state index in [0.29, 0.717) is 0 Å². The molecule has 0 radical (unpaired) electrons. The number of carbonyl (C=O) groups is 2. The second kappa shape index (κ2) is 6.07. The van der Waals surface area contributed by atoms with Crippen LogP contribution in [0.3, 0.4) is 0 Å². The number of esters is 2. The van der Waals surface area contributed by atoms with Crippen LogP contribution in [0.25, 0.3) is 0 Å². The van der Waals surface area contributed by atoms with E-state index in [9.17, 15) is 31.2 Å². The molecule has 0 aromatic carbocycles. The third-order valence-electron chi connectivity index (χ3n) is 1.75. The highest BCUT2D eigenvalue weighted by Crippen LogP contribution is 2.40. The number of rotatable bonds is 5. The molecule has 112 valence electrons. The highest BCUT2D eigenvalue weighted by atomic mass is 79.9. The second-order valence-electron chi connectivity index (χ2n) is 2.99. The molecule has 0 bridgehead atoms. The monoisotopic (exact) mass is 370 g/mol. The van der Waals surface area contributed by atoms with E-state index in [1.165, 1.54) is 13.8 Å². The lowest BCUT2D eigenvalue weighted by Gasteiger charge is -2.23. The summed E-state index contributed by atoms with van der Waals surface area (Å²) in [6, 6.07) is 0. The molecule has 0 N–H and O–H groups in total. The number of hydrogen-bond acceptors (Lipinski definition) is 6. The molecule has 0 unspecified atom stereocenters. The van der Waals surface area contributed by atoms with Crippen LogP contribution < -0.4 is 0 Å². The zero-order chi connectivity index (χ0) is 15.5. The molecule has 0 atom stereocenters. The van der Waals surface area contributed by atoms with Gasteiger partial charge in [-0.3, -0.25) is 0 Å². The molecule has 0 spiro atoms. The Bertz CT molecular complexity index is 440. The van der Waals surface area contributed by atoms with Crippen LogP contribution in [-0.4, -0.2) is 42.7 Å². The van der Waals surface area contributed by atoms with E-state index in [1.54, 1.807) is 0 Å². The van der Waals surface area contributed by atoms with Crippen LogP contribution in [0, 0.1) is 0 Å². The van der Waals surface area contributed by atoms with Crippen LogP contribution in [0.4, 0.5) is 13.2 Å². The van der Waals surface area contributed by atoms with Crippen LogP contribution in [0.5, 0.6) is 0 Å². The van der Waals surface area contributed by atoms with Gasteiger partial charge in [0.2, 0.25) is 0 Å². The minimum atomic E-state index is -6.21. The summed E-state index contributed by atoms with van der Waals surface area (Å²) in [7, 11) is -6.21. The third-order valence-corrected chi connectivity index (χ3v) is 5.36.